The molecule has 3 aromatic rings. The number of ether oxygens (including phenoxy) is 2. The van der Waals surface area contributed by atoms with Crippen molar-refractivity contribution in [3.63, 3.8) is 0 Å². The van der Waals surface area contributed by atoms with Crippen molar-refractivity contribution in [3.05, 3.63) is 65.5 Å². The van der Waals surface area contributed by atoms with Crippen molar-refractivity contribution in [2.24, 2.45) is 4.99 Å². The molecule has 0 N–H and O–H groups in total. The van der Waals surface area contributed by atoms with Gasteiger partial charge in [-0.3, -0.25) is 0 Å². The first-order valence-electron chi connectivity index (χ1n) is 8.75. The number of nitrogens with zero attached hydrogens (tertiary/aromatic N) is 5. The number of aliphatic imine (C=N–C) groups is 1. The molecule has 138 valence electrons. The molecule has 7 heteroatoms. The lowest BCUT2D eigenvalue weighted by Crippen LogP contribution is -2.29. The van der Waals surface area contributed by atoms with Crippen molar-refractivity contribution in [2.75, 3.05) is 7.11 Å². The first-order valence-corrected chi connectivity index (χ1v) is 8.75. The maximum atomic E-state index is 6.30. The highest BCUT2D eigenvalue weighted by atomic mass is 16.5. The monoisotopic (exact) mass is 363 g/mol. The van der Waals surface area contributed by atoms with Crippen LogP contribution in [-0.4, -0.2) is 33.2 Å². The zero-order valence-corrected chi connectivity index (χ0v) is 15.7. The van der Waals surface area contributed by atoms with E-state index in [0.717, 1.165) is 22.6 Å². The van der Waals surface area contributed by atoms with Crippen LogP contribution in [0, 0.1) is 0 Å². The Morgan fingerprint density at radius 1 is 1.04 bits per heavy atom. The predicted octanol–water partition coefficient (Wildman–Crippen LogP) is 3.63. The van der Waals surface area contributed by atoms with E-state index in [0.29, 0.717) is 11.7 Å². The molecule has 1 unspecified atom stereocenters. The third-order valence-electron chi connectivity index (χ3n) is 4.37. The molecule has 1 atom stereocenters. The Bertz CT molecular complexity index is 986. The average Bonchev–Trinajstić information content (AvgIpc) is 3.17. The van der Waals surface area contributed by atoms with Crippen LogP contribution in [0.25, 0.3) is 0 Å². The van der Waals surface area contributed by atoms with Gasteiger partial charge in [0.05, 0.1) is 18.3 Å². The molecule has 0 amide bonds. The van der Waals surface area contributed by atoms with Crippen molar-refractivity contribution in [2.45, 2.75) is 32.4 Å². The molecule has 0 bridgehead atoms. The van der Waals surface area contributed by atoms with Gasteiger partial charge in [0.25, 0.3) is 0 Å². The molecule has 1 aliphatic rings. The summed E-state index contributed by atoms with van der Waals surface area (Å²) in [6, 6.07) is 15.5. The summed E-state index contributed by atoms with van der Waals surface area (Å²) in [6.07, 6.45) is -0.440. The topological polar surface area (TPSA) is 74.4 Å². The van der Waals surface area contributed by atoms with Crippen LogP contribution in [0.5, 0.6) is 5.75 Å². The molecule has 1 aliphatic heterocycles. The molecule has 0 spiro atoms. The second-order valence-electron chi connectivity index (χ2n) is 7.32. The SMILES string of the molecule is COc1ccc(C2=Nc3ccccc3C(c3nnnn3C(C)(C)C)O2)cc1. The van der Waals surface area contributed by atoms with Gasteiger partial charge in [0.2, 0.25) is 5.90 Å². The lowest BCUT2D eigenvalue weighted by molar-refractivity contribution is 0.197. The average molecular weight is 363 g/mol. The Kier molecular flexibility index (Phi) is 4.14. The molecule has 27 heavy (non-hydrogen) atoms. The molecule has 0 fully saturated rings. The second kappa shape index (κ2) is 6.50. The van der Waals surface area contributed by atoms with Crippen molar-refractivity contribution in [1.82, 2.24) is 20.2 Å². The number of tetrazole rings is 1. The maximum Gasteiger partial charge on any atom is 0.222 e. The van der Waals surface area contributed by atoms with E-state index in [4.69, 9.17) is 14.5 Å². The van der Waals surface area contributed by atoms with Crippen LogP contribution in [0.15, 0.2) is 53.5 Å². The summed E-state index contributed by atoms with van der Waals surface area (Å²) in [6.45, 7) is 6.17. The van der Waals surface area contributed by atoms with Crippen molar-refractivity contribution < 1.29 is 9.47 Å². The molecule has 0 radical (unpaired) electrons. The van der Waals surface area contributed by atoms with Gasteiger partial charge in [-0.1, -0.05) is 18.2 Å². The third kappa shape index (κ3) is 3.16. The fourth-order valence-electron chi connectivity index (χ4n) is 3.02. The molecular formula is C20H21N5O2. The van der Waals surface area contributed by atoms with Crippen LogP contribution in [0.2, 0.25) is 0 Å². The van der Waals surface area contributed by atoms with E-state index in [1.54, 1.807) is 11.8 Å². The summed E-state index contributed by atoms with van der Waals surface area (Å²) < 4.78 is 13.3. The number of benzene rings is 2. The standard InChI is InChI=1S/C20H21N5O2/c1-20(2,3)25-18(22-23-24-25)17-15-7-5-6-8-16(15)21-19(27-17)13-9-11-14(26-4)12-10-13/h5-12,17H,1-4H3. The highest BCUT2D eigenvalue weighted by Crippen LogP contribution is 2.38. The molecular weight excluding hydrogens is 342 g/mol. The Morgan fingerprint density at radius 2 is 1.78 bits per heavy atom. The number of hydrogen-bond acceptors (Lipinski definition) is 6. The molecule has 0 saturated carbocycles. The van der Waals surface area contributed by atoms with Crippen LogP contribution >= 0.6 is 0 Å². The number of aromatic nitrogens is 4. The van der Waals surface area contributed by atoms with Gasteiger partial charge in [-0.05, 0) is 61.5 Å². The van der Waals surface area contributed by atoms with Gasteiger partial charge in [0.1, 0.15) is 5.75 Å². The van der Waals surface area contributed by atoms with Gasteiger partial charge in [-0.25, -0.2) is 9.67 Å². The normalized spacial score (nSPS) is 16.3. The highest BCUT2D eigenvalue weighted by molar-refractivity contribution is 5.97. The maximum absolute atomic E-state index is 6.30. The zero-order valence-electron chi connectivity index (χ0n) is 15.7. The summed E-state index contributed by atoms with van der Waals surface area (Å²) in [4.78, 5) is 4.70. The molecule has 2 aromatic carbocycles. The van der Waals surface area contributed by atoms with Crippen molar-refractivity contribution >= 4 is 11.6 Å². The van der Waals surface area contributed by atoms with Crippen LogP contribution in [0.3, 0.4) is 0 Å². The van der Waals surface area contributed by atoms with E-state index in [9.17, 15) is 0 Å². The Morgan fingerprint density at radius 3 is 2.48 bits per heavy atom. The lowest BCUT2D eigenvalue weighted by atomic mass is 10.0. The molecule has 1 aromatic heterocycles. The fraction of sp³-hybridized carbons (Fsp3) is 0.300. The number of fused-ring (bicyclic) bond motifs is 1. The second-order valence-corrected chi connectivity index (χ2v) is 7.32. The summed E-state index contributed by atoms with van der Waals surface area (Å²) in [5, 5.41) is 12.3. The first kappa shape index (κ1) is 17.2. The van der Waals surface area contributed by atoms with Crippen LogP contribution < -0.4 is 4.74 Å². The predicted molar refractivity (Wildman–Crippen MR) is 101 cm³/mol. The van der Waals surface area contributed by atoms with E-state index in [-0.39, 0.29) is 5.54 Å². The Labute approximate surface area is 157 Å². The molecule has 4 rings (SSSR count). The van der Waals surface area contributed by atoms with E-state index in [1.165, 1.54) is 0 Å². The van der Waals surface area contributed by atoms with E-state index in [1.807, 2.05) is 48.5 Å². The Balaban J connectivity index is 1.80. The molecule has 2 heterocycles. The van der Waals surface area contributed by atoms with Gasteiger partial charge in [-0.2, -0.15) is 0 Å². The fourth-order valence-corrected chi connectivity index (χ4v) is 3.02. The number of hydrogen-bond donors (Lipinski definition) is 0. The van der Waals surface area contributed by atoms with Gasteiger partial charge in [0.15, 0.2) is 11.9 Å². The first-order chi connectivity index (χ1) is 13.0. The Hall–Kier alpha value is -3.22. The van der Waals surface area contributed by atoms with Crippen LogP contribution in [0.4, 0.5) is 5.69 Å². The lowest BCUT2D eigenvalue weighted by Gasteiger charge is -2.28. The molecule has 0 aliphatic carbocycles. The quantitative estimate of drug-likeness (QED) is 0.710. The van der Waals surface area contributed by atoms with E-state index in [2.05, 4.69) is 36.3 Å². The van der Waals surface area contributed by atoms with Crippen LogP contribution in [-0.2, 0) is 10.3 Å². The summed E-state index contributed by atoms with van der Waals surface area (Å²) in [7, 11) is 1.64. The highest BCUT2D eigenvalue weighted by Gasteiger charge is 2.33. The summed E-state index contributed by atoms with van der Waals surface area (Å²) >= 11 is 0. The molecule has 0 saturated heterocycles. The van der Waals surface area contributed by atoms with Gasteiger partial charge < -0.3 is 9.47 Å². The van der Waals surface area contributed by atoms with Gasteiger partial charge in [-0.15, -0.1) is 5.10 Å². The molecule has 7 nitrogen and oxygen atoms in total. The summed E-state index contributed by atoms with van der Waals surface area (Å²) in [5.74, 6) is 1.96. The van der Waals surface area contributed by atoms with E-state index < -0.39 is 6.10 Å². The van der Waals surface area contributed by atoms with Gasteiger partial charge >= 0.3 is 0 Å². The van der Waals surface area contributed by atoms with Gasteiger partial charge in [0, 0.05) is 11.1 Å². The minimum Gasteiger partial charge on any atom is -0.497 e. The zero-order chi connectivity index (χ0) is 19.0. The largest absolute Gasteiger partial charge is 0.497 e. The van der Waals surface area contributed by atoms with E-state index >= 15 is 0 Å². The minimum atomic E-state index is -0.440. The third-order valence-corrected chi connectivity index (χ3v) is 4.37. The van der Waals surface area contributed by atoms with Crippen molar-refractivity contribution in [1.29, 1.82) is 0 Å². The summed E-state index contributed by atoms with van der Waals surface area (Å²) in [5.41, 5.74) is 2.38. The number of para-hydroxylation sites is 1. The number of rotatable bonds is 3. The van der Waals surface area contributed by atoms with Crippen LogP contribution in [0.1, 0.15) is 43.8 Å². The van der Waals surface area contributed by atoms with Crippen molar-refractivity contribution in [3.8, 4) is 5.75 Å². The smallest absolute Gasteiger partial charge is 0.222 e. The number of methoxy groups -OCH3 is 1. The minimum absolute atomic E-state index is 0.272.